The van der Waals surface area contributed by atoms with Crippen LogP contribution in [0.25, 0.3) is 0 Å². The summed E-state index contributed by atoms with van der Waals surface area (Å²) in [5.41, 5.74) is 2.18. The molecule has 0 spiro atoms. The van der Waals surface area contributed by atoms with Gasteiger partial charge in [0.15, 0.2) is 6.10 Å². The van der Waals surface area contributed by atoms with Gasteiger partial charge in [0.25, 0.3) is 15.9 Å². The van der Waals surface area contributed by atoms with Gasteiger partial charge in [-0.2, -0.15) is 0 Å². The van der Waals surface area contributed by atoms with E-state index in [9.17, 15) is 13.2 Å². The number of aryl methyl sites for hydroxylation is 1. The lowest BCUT2D eigenvalue weighted by atomic mass is 10.0. The number of carbonyl (C=O) groups is 1. The Labute approximate surface area is 210 Å². The number of halogens is 1. The number of hydrogen-bond acceptors (Lipinski definition) is 5. The molecule has 0 saturated heterocycles. The number of anilines is 1. The van der Waals surface area contributed by atoms with Gasteiger partial charge in [-0.25, -0.2) is 8.42 Å². The van der Waals surface area contributed by atoms with Crippen LogP contribution in [0.2, 0.25) is 5.02 Å². The molecule has 0 saturated carbocycles. The molecule has 0 unspecified atom stereocenters. The molecule has 184 valence electrons. The van der Waals surface area contributed by atoms with Crippen LogP contribution in [-0.2, 0) is 14.8 Å². The standard InChI is InChI=1S/C26H27ClN2O5S/c1-4-21(18-10-12-23(33-3)17(2)14-18)28-26(30)25-16-29(22-15-19(27)11-13-24(22)34-25)35(31,32)20-8-6-5-7-9-20/h5-15,21,25H,4,16H2,1-3H3,(H,28,30)/t21-,25-/m0/s1. The zero-order valence-electron chi connectivity index (χ0n) is 19.7. The molecule has 4 rings (SSSR count). The van der Waals surface area contributed by atoms with Crippen molar-refractivity contribution in [3.63, 3.8) is 0 Å². The van der Waals surface area contributed by atoms with Crippen LogP contribution in [0, 0.1) is 6.92 Å². The fraction of sp³-hybridized carbons (Fsp3) is 0.269. The van der Waals surface area contributed by atoms with E-state index in [4.69, 9.17) is 21.1 Å². The summed E-state index contributed by atoms with van der Waals surface area (Å²) in [6, 6.07) is 18.3. The minimum absolute atomic E-state index is 0.118. The van der Waals surface area contributed by atoms with Gasteiger partial charge < -0.3 is 14.8 Å². The molecule has 7 nitrogen and oxygen atoms in total. The van der Waals surface area contributed by atoms with Crippen molar-refractivity contribution < 1.29 is 22.7 Å². The van der Waals surface area contributed by atoms with Crippen molar-refractivity contribution in [1.29, 1.82) is 0 Å². The Bertz CT molecular complexity index is 1330. The monoisotopic (exact) mass is 514 g/mol. The van der Waals surface area contributed by atoms with Gasteiger partial charge in [0, 0.05) is 5.02 Å². The number of sulfonamides is 1. The predicted octanol–water partition coefficient (Wildman–Crippen LogP) is 4.88. The van der Waals surface area contributed by atoms with E-state index in [1.54, 1.807) is 37.4 Å². The number of benzene rings is 3. The first-order valence-electron chi connectivity index (χ1n) is 11.2. The molecule has 3 aromatic carbocycles. The maximum absolute atomic E-state index is 13.5. The van der Waals surface area contributed by atoms with Gasteiger partial charge in [-0.1, -0.05) is 48.9 Å². The maximum Gasteiger partial charge on any atom is 0.264 e. The summed E-state index contributed by atoms with van der Waals surface area (Å²) in [6.07, 6.45) is -0.404. The number of rotatable bonds is 7. The minimum atomic E-state index is -3.96. The second kappa shape index (κ2) is 10.2. The largest absolute Gasteiger partial charge is 0.496 e. The SMILES string of the molecule is CC[C@H](NC(=O)[C@@H]1CN(S(=O)(=O)c2ccccc2)c2cc(Cl)ccc2O1)c1ccc(OC)c(C)c1. The van der Waals surface area contributed by atoms with Crippen LogP contribution in [0.3, 0.4) is 0 Å². The van der Waals surface area contributed by atoms with E-state index in [1.165, 1.54) is 22.5 Å². The predicted molar refractivity (Wildman–Crippen MR) is 136 cm³/mol. The van der Waals surface area contributed by atoms with Gasteiger partial charge in [-0.05, 0) is 60.9 Å². The molecule has 3 aromatic rings. The van der Waals surface area contributed by atoms with E-state index in [1.807, 2.05) is 32.0 Å². The zero-order valence-corrected chi connectivity index (χ0v) is 21.3. The second-order valence-corrected chi connectivity index (χ2v) is 10.6. The van der Waals surface area contributed by atoms with Crippen LogP contribution in [0.1, 0.15) is 30.5 Å². The molecular weight excluding hydrogens is 488 g/mol. The first-order valence-corrected chi connectivity index (χ1v) is 13.0. The summed E-state index contributed by atoms with van der Waals surface area (Å²) in [5.74, 6) is 0.635. The smallest absolute Gasteiger partial charge is 0.264 e. The summed E-state index contributed by atoms with van der Waals surface area (Å²) < 4.78 is 39.5. The molecule has 35 heavy (non-hydrogen) atoms. The Morgan fingerprint density at radius 1 is 1.17 bits per heavy atom. The number of ether oxygens (including phenoxy) is 2. The van der Waals surface area contributed by atoms with Crippen LogP contribution in [0.4, 0.5) is 5.69 Å². The Balaban J connectivity index is 1.63. The highest BCUT2D eigenvalue weighted by Gasteiger charge is 2.38. The van der Waals surface area contributed by atoms with Crippen molar-refractivity contribution in [2.45, 2.75) is 37.3 Å². The number of carbonyl (C=O) groups excluding carboxylic acids is 1. The Kier molecular flexibility index (Phi) is 7.23. The van der Waals surface area contributed by atoms with Crippen molar-refractivity contribution >= 4 is 33.2 Å². The van der Waals surface area contributed by atoms with Crippen LogP contribution in [0.15, 0.2) is 71.6 Å². The van der Waals surface area contributed by atoms with E-state index in [0.717, 1.165) is 16.9 Å². The first-order chi connectivity index (χ1) is 16.7. The molecule has 1 aliphatic rings. The topological polar surface area (TPSA) is 84.9 Å². The first kappa shape index (κ1) is 24.9. The summed E-state index contributed by atoms with van der Waals surface area (Å²) in [5, 5.41) is 3.38. The minimum Gasteiger partial charge on any atom is -0.496 e. The fourth-order valence-electron chi connectivity index (χ4n) is 4.11. The average Bonchev–Trinajstić information content (AvgIpc) is 2.86. The number of methoxy groups -OCH3 is 1. The fourth-order valence-corrected chi connectivity index (χ4v) is 5.77. The lowest BCUT2D eigenvalue weighted by Gasteiger charge is -2.35. The van der Waals surface area contributed by atoms with Crippen molar-refractivity contribution in [3.8, 4) is 11.5 Å². The molecule has 1 N–H and O–H groups in total. The van der Waals surface area contributed by atoms with E-state index in [-0.39, 0.29) is 23.2 Å². The van der Waals surface area contributed by atoms with Crippen LogP contribution in [-0.4, -0.2) is 34.1 Å². The average molecular weight is 515 g/mol. The quantitative estimate of drug-likeness (QED) is 0.485. The molecule has 9 heteroatoms. The van der Waals surface area contributed by atoms with Crippen molar-refractivity contribution in [2.24, 2.45) is 0 Å². The lowest BCUT2D eigenvalue weighted by molar-refractivity contribution is -0.128. The molecule has 1 aliphatic heterocycles. The molecule has 0 radical (unpaired) electrons. The van der Waals surface area contributed by atoms with Gasteiger partial charge in [0.2, 0.25) is 0 Å². The summed E-state index contributed by atoms with van der Waals surface area (Å²) in [7, 11) is -2.34. The highest BCUT2D eigenvalue weighted by atomic mass is 35.5. The molecule has 1 amide bonds. The third kappa shape index (κ3) is 5.09. The highest BCUT2D eigenvalue weighted by Crippen LogP contribution is 2.39. The van der Waals surface area contributed by atoms with Gasteiger partial charge in [-0.15, -0.1) is 0 Å². The van der Waals surface area contributed by atoms with E-state index in [2.05, 4.69) is 5.32 Å². The summed E-state index contributed by atoms with van der Waals surface area (Å²) in [4.78, 5) is 13.4. The number of fused-ring (bicyclic) bond motifs is 1. The van der Waals surface area contributed by atoms with Gasteiger partial charge >= 0.3 is 0 Å². The summed E-state index contributed by atoms with van der Waals surface area (Å²) in [6.45, 7) is 3.72. The van der Waals surface area contributed by atoms with E-state index in [0.29, 0.717) is 17.1 Å². The van der Waals surface area contributed by atoms with Crippen LogP contribution >= 0.6 is 11.6 Å². The van der Waals surface area contributed by atoms with Crippen LogP contribution < -0.4 is 19.1 Å². The number of hydrogen-bond donors (Lipinski definition) is 1. The number of nitrogens with one attached hydrogen (secondary N) is 1. The molecule has 2 atom stereocenters. The van der Waals surface area contributed by atoms with Gasteiger partial charge in [0.05, 0.1) is 30.3 Å². The Morgan fingerprint density at radius 2 is 1.91 bits per heavy atom. The third-order valence-electron chi connectivity index (χ3n) is 5.96. The number of nitrogens with zero attached hydrogens (tertiary/aromatic N) is 1. The van der Waals surface area contributed by atoms with Gasteiger partial charge in [-0.3, -0.25) is 9.10 Å². The van der Waals surface area contributed by atoms with Gasteiger partial charge in [0.1, 0.15) is 11.5 Å². The Morgan fingerprint density at radius 3 is 2.57 bits per heavy atom. The molecular formula is C26H27ClN2O5S. The summed E-state index contributed by atoms with van der Waals surface area (Å²) >= 11 is 6.16. The van der Waals surface area contributed by atoms with Crippen molar-refractivity contribution in [1.82, 2.24) is 5.32 Å². The van der Waals surface area contributed by atoms with Crippen molar-refractivity contribution in [3.05, 3.63) is 82.9 Å². The molecule has 0 bridgehead atoms. The highest BCUT2D eigenvalue weighted by molar-refractivity contribution is 7.92. The normalized spacial score (nSPS) is 16.1. The van der Waals surface area contributed by atoms with E-state index >= 15 is 0 Å². The Hall–Kier alpha value is -3.23. The zero-order chi connectivity index (χ0) is 25.2. The molecule has 0 fully saturated rings. The molecule has 0 aliphatic carbocycles. The number of amides is 1. The lowest BCUT2D eigenvalue weighted by Crippen LogP contribution is -2.51. The van der Waals surface area contributed by atoms with E-state index < -0.39 is 22.0 Å². The van der Waals surface area contributed by atoms with Crippen LogP contribution in [0.5, 0.6) is 11.5 Å². The van der Waals surface area contributed by atoms with Crippen molar-refractivity contribution in [2.75, 3.05) is 18.0 Å². The second-order valence-electron chi connectivity index (χ2n) is 8.27. The maximum atomic E-state index is 13.5. The third-order valence-corrected chi connectivity index (χ3v) is 7.99. The molecule has 0 aromatic heterocycles. The molecule has 1 heterocycles.